The van der Waals surface area contributed by atoms with E-state index >= 15 is 0 Å². The average molecular weight is 471 g/mol. The molecule has 9 heteroatoms. The number of carbonyl (C=O) groups is 1. The number of thioether (sulfide) groups is 1. The molecule has 1 heterocycles. The van der Waals surface area contributed by atoms with Crippen molar-refractivity contribution in [2.75, 3.05) is 5.32 Å². The topological polar surface area (TPSA) is 64.0 Å². The number of halogens is 3. The molecular weight excluding hydrogens is 453 g/mol. The molecule has 29 heavy (non-hydrogen) atoms. The number of para-hydroxylation sites is 1. The third-order valence-electron chi connectivity index (χ3n) is 4.20. The van der Waals surface area contributed by atoms with Crippen LogP contribution in [0.15, 0.2) is 46.3 Å². The zero-order chi connectivity index (χ0) is 21.3. The largest absolute Gasteiger partial charge is 0.323 e. The number of amides is 1. The fourth-order valence-electron chi connectivity index (χ4n) is 2.76. The summed E-state index contributed by atoms with van der Waals surface area (Å²) in [5.74, 6) is -0.321. The van der Waals surface area contributed by atoms with E-state index in [9.17, 15) is 9.59 Å². The number of anilines is 1. The quantitative estimate of drug-likeness (QED) is 0.364. The summed E-state index contributed by atoms with van der Waals surface area (Å²) < 4.78 is 1.60. The molecule has 0 aliphatic heterocycles. The lowest BCUT2D eigenvalue weighted by Gasteiger charge is -2.19. The zero-order valence-corrected chi connectivity index (χ0v) is 19.0. The van der Waals surface area contributed by atoms with Gasteiger partial charge in [-0.3, -0.25) is 14.2 Å². The molecule has 1 unspecified atom stereocenters. The Hall–Kier alpha value is -1.73. The standard InChI is InChI=1S/C20H18Cl3N3O2S/c1-10(2)26-19(28)13-6-4-5-7-16(13)24-20(26)29-11(3)18(27)25-17-14(22)8-12(21)9-15(17)23/h4-11H,1-3H3,(H,25,27). The van der Waals surface area contributed by atoms with E-state index in [4.69, 9.17) is 34.8 Å². The third-order valence-corrected chi connectivity index (χ3v) is 6.08. The average Bonchev–Trinajstić information content (AvgIpc) is 2.64. The molecule has 0 saturated carbocycles. The van der Waals surface area contributed by atoms with Crippen molar-refractivity contribution >= 4 is 69.1 Å². The molecule has 1 atom stereocenters. The molecule has 3 aromatic rings. The van der Waals surface area contributed by atoms with Crippen LogP contribution in [0.1, 0.15) is 26.8 Å². The Balaban J connectivity index is 1.91. The minimum absolute atomic E-state index is 0.113. The van der Waals surface area contributed by atoms with Gasteiger partial charge in [-0.05, 0) is 45.0 Å². The Morgan fingerprint density at radius 3 is 2.34 bits per heavy atom. The van der Waals surface area contributed by atoms with Crippen LogP contribution in [0.2, 0.25) is 15.1 Å². The number of hydrogen-bond acceptors (Lipinski definition) is 4. The van der Waals surface area contributed by atoms with Gasteiger partial charge in [0.25, 0.3) is 5.56 Å². The molecule has 5 nitrogen and oxygen atoms in total. The van der Waals surface area contributed by atoms with Crippen LogP contribution in [0, 0.1) is 0 Å². The van der Waals surface area contributed by atoms with E-state index in [0.717, 1.165) is 0 Å². The van der Waals surface area contributed by atoms with Crippen LogP contribution in [-0.2, 0) is 4.79 Å². The fourth-order valence-corrected chi connectivity index (χ4v) is 4.71. The second-order valence-electron chi connectivity index (χ2n) is 6.67. The van der Waals surface area contributed by atoms with E-state index < -0.39 is 5.25 Å². The highest BCUT2D eigenvalue weighted by molar-refractivity contribution is 8.00. The third kappa shape index (κ3) is 4.72. The molecule has 0 radical (unpaired) electrons. The highest BCUT2D eigenvalue weighted by Crippen LogP contribution is 2.34. The van der Waals surface area contributed by atoms with Gasteiger partial charge in [0.15, 0.2) is 5.16 Å². The summed E-state index contributed by atoms with van der Waals surface area (Å²) in [6, 6.07) is 10.1. The van der Waals surface area contributed by atoms with Gasteiger partial charge in [-0.25, -0.2) is 4.98 Å². The summed E-state index contributed by atoms with van der Waals surface area (Å²) in [6.07, 6.45) is 0. The smallest absolute Gasteiger partial charge is 0.262 e. The molecule has 1 aromatic heterocycles. The van der Waals surface area contributed by atoms with Crippen LogP contribution in [0.5, 0.6) is 0 Å². The van der Waals surface area contributed by atoms with Crippen LogP contribution in [0.4, 0.5) is 5.69 Å². The maximum absolute atomic E-state index is 12.9. The number of aromatic nitrogens is 2. The molecule has 1 N–H and O–H groups in total. The molecule has 3 rings (SSSR count). The molecule has 0 spiro atoms. The molecule has 0 fully saturated rings. The van der Waals surface area contributed by atoms with Crippen LogP contribution in [-0.4, -0.2) is 20.7 Å². The van der Waals surface area contributed by atoms with E-state index in [2.05, 4.69) is 10.3 Å². The van der Waals surface area contributed by atoms with Crippen molar-refractivity contribution < 1.29 is 4.79 Å². The van der Waals surface area contributed by atoms with E-state index in [1.165, 1.54) is 23.9 Å². The second kappa shape index (κ2) is 8.96. The molecule has 152 valence electrons. The summed E-state index contributed by atoms with van der Waals surface area (Å²) in [4.78, 5) is 30.3. The fraction of sp³-hybridized carbons (Fsp3) is 0.250. The Morgan fingerprint density at radius 2 is 1.72 bits per heavy atom. The maximum Gasteiger partial charge on any atom is 0.262 e. The highest BCUT2D eigenvalue weighted by atomic mass is 35.5. The number of nitrogens with zero attached hydrogens (tertiary/aromatic N) is 2. The molecule has 1 amide bonds. The first kappa shape index (κ1) is 22.0. The second-order valence-corrected chi connectivity index (χ2v) is 9.23. The van der Waals surface area contributed by atoms with E-state index in [0.29, 0.717) is 26.8 Å². The van der Waals surface area contributed by atoms with Crippen molar-refractivity contribution in [3.8, 4) is 0 Å². The monoisotopic (exact) mass is 469 g/mol. The van der Waals surface area contributed by atoms with Crippen molar-refractivity contribution in [2.24, 2.45) is 0 Å². The summed E-state index contributed by atoms with van der Waals surface area (Å²) in [5, 5.41) is 4.05. The predicted octanol–water partition coefficient (Wildman–Crippen LogP) is 6.06. The van der Waals surface area contributed by atoms with Gasteiger partial charge in [-0.2, -0.15) is 0 Å². The number of hydrogen-bond donors (Lipinski definition) is 1. The number of nitrogens with one attached hydrogen (secondary N) is 1. The minimum atomic E-state index is -0.559. The molecule has 0 bridgehead atoms. The van der Waals surface area contributed by atoms with Gasteiger partial charge in [-0.1, -0.05) is 58.7 Å². The lowest BCUT2D eigenvalue weighted by molar-refractivity contribution is -0.115. The van der Waals surface area contributed by atoms with Gasteiger partial charge >= 0.3 is 0 Å². The lowest BCUT2D eigenvalue weighted by atomic mass is 10.2. The Morgan fingerprint density at radius 1 is 1.10 bits per heavy atom. The molecule has 0 saturated heterocycles. The van der Waals surface area contributed by atoms with Crippen molar-refractivity contribution in [1.82, 2.24) is 9.55 Å². The molecule has 2 aromatic carbocycles. The van der Waals surface area contributed by atoms with Crippen molar-refractivity contribution in [3.63, 3.8) is 0 Å². The summed E-state index contributed by atoms with van der Waals surface area (Å²) in [7, 11) is 0. The van der Waals surface area contributed by atoms with Crippen LogP contribution in [0.25, 0.3) is 10.9 Å². The van der Waals surface area contributed by atoms with Crippen molar-refractivity contribution in [1.29, 1.82) is 0 Å². The summed E-state index contributed by atoms with van der Waals surface area (Å²) in [5.41, 5.74) is 0.751. The van der Waals surface area contributed by atoms with Crippen LogP contribution < -0.4 is 10.9 Å². The predicted molar refractivity (Wildman–Crippen MR) is 122 cm³/mol. The number of benzene rings is 2. The lowest BCUT2D eigenvalue weighted by Crippen LogP contribution is -2.28. The van der Waals surface area contributed by atoms with Gasteiger partial charge in [0, 0.05) is 11.1 Å². The first-order valence-corrected chi connectivity index (χ1v) is 10.8. The number of carbonyl (C=O) groups excluding carboxylic acids is 1. The van der Waals surface area contributed by atoms with Gasteiger partial charge in [-0.15, -0.1) is 0 Å². The van der Waals surface area contributed by atoms with Crippen molar-refractivity contribution in [3.05, 3.63) is 61.8 Å². The minimum Gasteiger partial charge on any atom is -0.323 e. The van der Waals surface area contributed by atoms with Crippen LogP contribution in [0.3, 0.4) is 0 Å². The zero-order valence-electron chi connectivity index (χ0n) is 15.9. The van der Waals surface area contributed by atoms with Gasteiger partial charge in [0.2, 0.25) is 5.91 Å². The number of rotatable bonds is 5. The van der Waals surface area contributed by atoms with Crippen LogP contribution >= 0.6 is 46.6 Å². The molecule has 0 aliphatic rings. The van der Waals surface area contributed by atoms with E-state index in [1.54, 1.807) is 29.7 Å². The maximum atomic E-state index is 12.9. The number of fused-ring (bicyclic) bond motifs is 1. The first-order valence-electron chi connectivity index (χ1n) is 8.82. The first-order chi connectivity index (χ1) is 13.7. The summed E-state index contributed by atoms with van der Waals surface area (Å²) in [6.45, 7) is 5.53. The van der Waals surface area contributed by atoms with E-state index in [-0.39, 0.29) is 27.6 Å². The van der Waals surface area contributed by atoms with Gasteiger partial charge < -0.3 is 5.32 Å². The SMILES string of the molecule is CC(Sc1nc2ccccc2c(=O)n1C(C)C)C(=O)Nc1c(Cl)cc(Cl)cc1Cl. The Kier molecular flexibility index (Phi) is 6.79. The molecular formula is C20H18Cl3N3O2S. The van der Waals surface area contributed by atoms with E-state index in [1.807, 2.05) is 19.9 Å². The van der Waals surface area contributed by atoms with Gasteiger partial charge in [0.1, 0.15) is 0 Å². The summed E-state index contributed by atoms with van der Waals surface area (Å²) >= 11 is 19.4. The highest BCUT2D eigenvalue weighted by Gasteiger charge is 2.22. The van der Waals surface area contributed by atoms with Gasteiger partial charge in [0.05, 0.1) is 31.9 Å². The Labute approximate surface area is 187 Å². The normalized spacial score (nSPS) is 12.4. The molecule has 0 aliphatic carbocycles. The Bertz CT molecular complexity index is 1120. The van der Waals surface area contributed by atoms with Crippen molar-refractivity contribution in [2.45, 2.75) is 37.2 Å².